The molecular formula is C16H10N4O2S. The van der Waals surface area contributed by atoms with E-state index in [2.05, 4.69) is 15.6 Å². The summed E-state index contributed by atoms with van der Waals surface area (Å²) in [6.45, 7) is 0. The summed E-state index contributed by atoms with van der Waals surface area (Å²) in [7, 11) is 0. The predicted octanol–water partition coefficient (Wildman–Crippen LogP) is 1.56. The Labute approximate surface area is 135 Å². The zero-order chi connectivity index (χ0) is 16.0. The number of benzene rings is 1. The first-order chi connectivity index (χ1) is 11.1. The number of hydrogen-bond acceptors (Lipinski definition) is 4. The van der Waals surface area contributed by atoms with Crippen LogP contribution in [-0.4, -0.2) is 26.4 Å². The number of nitrogens with zero attached hydrogens (tertiary/aromatic N) is 2. The van der Waals surface area contributed by atoms with Gasteiger partial charge in [0, 0.05) is 23.2 Å². The minimum Gasteiger partial charge on any atom is -0.314 e. The van der Waals surface area contributed by atoms with Crippen LogP contribution in [0.2, 0.25) is 0 Å². The Morgan fingerprint density at radius 2 is 1.78 bits per heavy atom. The van der Waals surface area contributed by atoms with E-state index in [9.17, 15) is 9.59 Å². The third-order valence-corrected chi connectivity index (χ3v) is 3.99. The van der Waals surface area contributed by atoms with Gasteiger partial charge in [-0.15, -0.1) is 0 Å². The Balaban J connectivity index is 1.97. The maximum Gasteiger partial charge on any atom is 0.283 e. The number of fused-ring (bicyclic) bond motifs is 3. The lowest BCUT2D eigenvalue weighted by Crippen LogP contribution is -2.50. The molecule has 1 aliphatic rings. The third-order valence-electron chi connectivity index (χ3n) is 3.70. The van der Waals surface area contributed by atoms with Crippen molar-refractivity contribution in [1.82, 2.24) is 20.2 Å². The zero-order valence-electron chi connectivity index (χ0n) is 11.7. The summed E-state index contributed by atoms with van der Waals surface area (Å²) in [5.74, 6) is -0.936. The topological polar surface area (TPSA) is 76.0 Å². The monoisotopic (exact) mass is 322 g/mol. The fourth-order valence-electron chi connectivity index (χ4n) is 2.67. The molecule has 3 heterocycles. The van der Waals surface area contributed by atoms with Crippen LogP contribution in [0.4, 0.5) is 0 Å². The molecule has 3 aromatic rings. The molecule has 7 heteroatoms. The second-order valence-electron chi connectivity index (χ2n) is 5.06. The molecule has 112 valence electrons. The quantitative estimate of drug-likeness (QED) is 0.527. The summed E-state index contributed by atoms with van der Waals surface area (Å²) in [4.78, 5) is 27.7. The molecule has 0 bridgehead atoms. The van der Waals surface area contributed by atoms with Gasteiger partial charge in [-0.05, 0) is 12.1 Å². The summed E-state index contributed by atoms with van der Waals surface area (Å²) < 4.78 is 1.83. The first-order valence-electron chi connectivity index (χ1n) is 6.86. The average Bonchev–Trinajstić information content (AvgIpc) is 2.87. The normalized spacial score (nSPS) is 16.9. The number of carbonyl (C=O) groups is 2. The number of aromatic nitrogens is 2. The van der Waals surface area contributed by atoms with Crippen molar-refractivity contribution in [1.29, 1.82) is 0 Å². The van der Waals surface area contributed by atoms with Crippen LogP contribution in [0.15, 0.2) is 48.4 Å². The van der Waals surface area contributed by atoms with E-state index in [0.717, 1.165) is 21.8 Å². The van der Waals surface area contributed by atoms with E-state index in [1.54, 1.807) is 18.6 Å². The predicted molar refractivity (Wildman–Crippen MR) is 90.4 cm³/mol. The number of para-hydroxylation sites is 1. The number of nitrogens with one attached hydrogen (secondary N) is 2. The molecule has 0 unspecified atom stereocenters. The van der Waals surface area contributed by atoms with Crippen LogP contribution >= 0.6 is 12.2 Å². The highest BCUT2D eigenvalue weighted by Gasteiger charge is 2.25. The highest BCUT2D eigenvalue weighted by molar-refractivity contribution is 7.82. The molecule has 0 radical (unpaired) electrons. The lowest BCUT2D eigenvalue weighted by molar-refractivity contribution is -0.122. The van der Waals surface area contributed by atoms with E-state index in [0.29, 0.717) is 0 Å². The number of rotatable bonds is 1. The molecule has 1 fully saturated rings. The van der Waals surface area contributed by atoms with Crippen molar-refractivity contribution < 1.29 is 9.59 Å². The van der Waals surface area contributed by atoms with Gasteiger partial charge in [0.05, 0.1) is 17.2 Å². The maximum atomic E-state index is 12.0. The lowest BCUT2D eigenvalue weighted by Gasteiger charge is -2.17. The fourth-order valence-corrected chi connectivity index (χ4v) is 2.81. The smallest absolute Gasteiger partial charge is 0.283 e. The van der Waals surface area contributed by atoms with Gasteiger partial charge >= 0.3 is 0 Å². The lowest BCUT2D eigenvalue weighted by atomic mass is 10.2. The van der Waals surface area contributed by atoms with Crippen LogP contribution in [0.5, 0.6) is 0 Å². The van der Waals surface area contributed by atoms with Gasteiger partial charge in [-0.1, -0.05) is 30.4 Å². The van der Waals surface area contributed by atoms with Gasteiger partial charge in [0.1, 0.15) is 5.70 Å². The second-order valence-corrected chi connectivity index (χ2v) is 5.47. The van der Waals surface area contributed by atoms with Crippen LogP contribution in [0.25, 0.3) is 28.0 Å². The Hall–Kier alpha value is -3.06. The van der Waals surface area contributed by atoms with Gasteiger partial charge in [0.25, 0.3) is 11.8 Å². The van der Waals surface area contributed by atoms with Crippen LogP contribution < -0.4 is 10.6 Å². The SMILES string of the molecule is O=C1N/C(=C\n2c3ccccc3c3ccncc32)C(=O)NC1=S. The standard InChI is InChI=1S/C16H10N4O2S/c21-14-11(18-15(22)16(23)19-14)8-20-12-4-2-1-3-9(12)10-5-6-17-7-13(10)20/h1-8H,(H,18,22)(H,19,21,23)/b11-8-. The first kappa shape index (κ1) is 13.6. The largest absolute Gasteiger partial charge is 0.314 e. The average molecular weight is 322 g/mol. The Morgan fingerprint density at radius 1 is 1.00 bits per heavy atom. The molecular weight excluding hydrogens is 312 g/mol. The Morgan fingerprint density at radius 3 is 2.65 bits per heavy atom. The van der Waals surface area contributed by atoms with Gasteiger partial charge in [-0.3, -0.25) is 14.6 Å². The van der Waals surface area contributed by atoms with E-state index in [1.165, 1.54) is 0 Å². The van der Waals surface area contributed by atoms with E-state index >= 15 is 0 Å². The number of piperazine rings is 1. The van der Waals surface area contributed by atoms with Crippen molar-refractivity contribution in [3.05, 3.63) is 48.4 Å². The number of hydrogen-bond donors (Lipinski definition) is 2. The zero-order valence-corrected chi connectivity index (χ0v) is 12.6. The molecule has 4 rings (SSSR count). The third kappa shape index (κ3) is 2.09. The molecule has 2 aromatic heterocycles. The summed E-state index contributed by atoms with van der Waals surface area (Å²) in [6, 6.07) is 9.73. The van der Waals surface area contributed by atoms with Crippen molar-refractivity contribution in [3.8, 4) is 0 Å². The Bertz CT molecular complexity index is 982. The summed E-state index contributed by atoms with van der Waals surface area (Å²) >= 11 is 4.77. The molecule has 0 saturated carbocycles. The van der Waals surface area contributed by atoms with E-state index < -0.39 is 11.8 Å². The summed E-state index contributed by atoms with van der Waals surface area (Å²) in [5.41, 5.74) is 1.89. The molecule has 1 aliphatic heterocycles. The van der Waals surface area contributed by atoms with Crippen LogP contribution in [0.1, 0.15) is 0 Å². The molecule has 1 saturated heterocycles. The minimum atomic E-state index is -0.496. The fraction of sp³-hybridized carbons (Fsp3) is 0. The highest BCUT2D eigenvalue weighted by Crippen LogP contribution is 2.28. The minimum absolute atomic E-state index is 0.129. The number of carbonyl (C=O) groups excluding carboxylic acids is 2. The first-order valence-corrected chi connectivity index (χ1v) is 7.27. The number of thiocarbonyl (C=S) groups is 1. The van der Waals surface area contributed by atoms with Crippen LogP contribution in [-0.2, 0) is 9.59 Å². The number of amides is 2. The number of pyridine rings is 1. The maximum absolute atomic E-state index is 12.0. The van der Waals surface area contributed by atoms with Crippen molar-refractivity contribution in [2.75, 3.05) is 0 Å². The summed E-state index contributed by atoms with van der Waals surface area (Å²) in [5, 5.41) is 6.94. The molecule has 2 amide bonds. The van der Waals surface area contributed by atoms with E-state index in [-0.39, 0.29) is 10.7 Å². The van der Waals surface area contributed by atoms with Gasteiger partial charge in [0.15, 0.2) is 4.99 Å². The van der Waals surface area contributed by atoms with Crippen molar-refractivity contribution in [2.24, 2.45) is 0 Å². The Kier molecular flexibility index (Phi) is 2.95. The van der Waals surface area contributed by atoms with E-state index in [1.807, 2.05) is 34.9 Å². The molecule has 0 aliphatic carbocycles. The molecule has 1 aromatic carbocycles. The summed E-state index contributed by atoms with van der Waals surface area (Å²) in [6.07, 6.45) is 5.03. The van der Waals surface area contributed by atoms with Crippen molar-refractivity contribution in [3.63, 3.8) is 0 Å². The molecule has 0 spiro atoms. The van der Waals surface area contributed by atoms with Gasteiger partial charge in [0.2, 0.25) is 0 Å². The van der Waals surface area contributed by atoms with Gasteiger partial charge in [-0.25, -0.2) is 0 Å². The molecule has 6 nitrogen and oxygen atoms in total. The van der Waals surface area contributed by atoms with Gasteiger partial charge in [-0.2, -0.15) is 0 Å². The molecule has 0 atom stereocenters. The van der Waals surface area contributed by atoms with Crippen molar-refractivity contribution in [2.45, 2.75) is 0 Å². The van der Waals surface area contributed by atoms with Crippen molar-refractivity contribution >= 4 is 57.0 Å². The molecule has 23 heavy (non-hydrogen) atoms. The highest BCUT2D eigenvalue weighted by atomic mass is 32.1. The second kappa shape index (κ2) is 4.99. The molecule has 2 N–H and O–H groups in total. The van der Waals surface area contributed by atoms with Crippen LogP contribution in [0.3, 0.4) is 0 Å². The van der Waals surface area contributed by atoms with E-state index in [4.69, 9.17) is 12.2 Å². The van der Waals surface area contributed by atoms with Crippen LogP contribution in [0, 0.1) is 0 Å². The van der Waals surface area contributed by atoms with Gasteiger partial charge < -0.3 is 15.2 Å².